The Morgan fingerprint density at radius 1 is 1.00 bits per heavy atom. The first-order valence-electron chi connectivity index (χ1n) is 7.40. The van der Waals surface area contributed by atoms with Crippen molar-refractivity contribution < 1.29 is 10.2 Å². The molecule has 0 saturated carbocycles. The number of nitrogens with zero attached hydrogens (tertiary/aromatic N) is 2. The molecule has 0 unspecified atom stereocenters. The van der Waals surface area contributed by atoms with Crippen molar-refractivity contribution in [1.29, 1.82) is 0 Å². The van der Waals surface area contributed by atoms with Crippen LogP contribution >= 0.6 is 0 Å². The second-order valence-corrected chi connectivity index (χ2v) is 5.09. The Labute approximate surface area is 131 Å². The van der Waals surface area contributed by atoms with Gasteiger partial charge in [-0.3, -0.25) is 4.98 Å². The van der Waals surface area contributed by atoms with E-state index in [4.69, 9.17) is 10.2 Å². The molecule has 0 saturated heterocycles. The lowest BCUT2D eigenvalue weighted by Crippen LogP contribution is -2.29. The second kappa shape index (κ2) is 8.32. The number of pyridine rings is 1. The summed E-state index contributed by atoms with van der Waals surface area (Å²) in [5.74, 6) is 0. The third kappa shape index (κ3) is 4.41. The lowest BCUT2D eigenvalue weighted by Gasteiger charge is -2.22. The molecule has 0 aliphatic rings. The van der Waals surface area contributed by atoms with E-state index in [2.05, 4.69) is 17.1 Å². The molecule has 116 valence electrons. The first kappa shape index (κ1) is 16.2. The van der Waals surface area contributed by atoms with E-state index >= 15 is 0 Å². The van der Waals surface area contributed by atoms with Crippen LogP contribution in [0.2, 0.25) is 0 Å². The van der Waals surface area contributed by atoms with Crippen LogP contribution in [0.1, 0.15) is 16.7 Å². The molecule has 0 aliphatic carbocycles. The molecule has 0 spiro atoms. The summed E-state index contributed by atoms with van der Waals surface area (Å²) in [6.45, 7) is 3.22. The SMILES string of the molecule is Cc1cnccc1/C=C/c1ccc(N(CCO)CCO)cc1. The van der Waals surface area contributed by atoms with Gasteiger partial charge in [-0.15, -0.1) is 0 Å². The number of hydrogen-bond donors (Lipinski definition) is 2. The fourth-order valence-electron chi connectivity index (χ4n) is 2.26. The number of benzene rings is 1. The molecule has 1 aromatic carbocycles. The van der Waals surface area contributed by atoms with Gasteiger partial charge in [0.1, 0.15) is 0 Å². The summed E-state index contributed by atoms with van der Waals surface area (Å²) in [7, 11) is 0. The average molecular weight is 298 g/mol. The maximum atomic E-state index is 9.08. The highest BCUT2D eigenvalue weighted by molar-refractivity contribution is 5.71. The Morgan fingerprint density at radius 2 is 1.68 bits per heavy atom. The molecule has 1 aromatic heterocycles. The van der Waals surface area contributed by atoms with Crippen LogP contribution < -0.4 is 4.90 Å². The van der Waals surface area contributed by atoms with Crippen molar-refractivity contribution in [1.82, 2.24) is 4.98 Å². The van der Waals surface area contributed by atoms with Crippen molar-refractivity contribution in [2.75, 3.05) is 31.2 Å². The largest absolute Gasteiger partial charge is 0.395 e. The number of aliphatic hydroxyl groups excluding tert-OH is 2. The summed E-state index contributed by atoms with van der Waals surface area (Å²) >= 11 is 0. The molecule has 0 bridgehead atoms. The monoisotopic (exact) mass is 298 g/mol. The molecule has 0 radical (unpaired) electrons. The van der Waals surface area contributed by atoms with Gasteiger partial charge >= 0.3 is 0 Å². The summed E-state index contributed by atoms with van der Waals surface area (Å²) in [6, 6.07) is 10.1. The third-order valence-electron chi connectivity index (χ3n) is 3.52. The van der Waals surface area contributed by atoms with Crippen molar-refractivity contribution in [2.24, 2.45) is 0 Å². The molecule has 0 atom stereocenters. The molecule has 0 fully saturated rings. The van der Waals surface area contributed by atoms with Crippen molar-refractivity contribution in [3.63, 3.8) is 0 Å². The van der Waals surface area contributed by atoms with Crippen LogP contribution in [-0.4, -0.2) is 41.5 Å². The second-order valence-electron chi connectivity index (χ2n) is 5.09. The minimum Gasteiger partial charge on any atom is -0.395 e. The maximum absolute atomic E-state index is 9.08. The standard InChI is InChI=1S/C18H22N2O2/c1-15-14-19-9-8-17(15)5-2-16-3-6-18(7-4-16)20(10-12-21)11-13-22/h2-9,14,21-22H,10-13H2,1H3/b5-2+. The highest BCUT2D eigenvalue weighted by Gasteiger charge is 2.04. The maximum Gasteiger partial charge on any atom is 0.0606 e. The van der Waals surface area contributed by atoms with Crippen LogP contribution in [0.4, 0.5) is 5.69 Å². The summed E-state index contributed by atoms with van der Waals surface area (Å²) in [6.07, 6.45) is 7.78. The molecule has 4 nitrogen and oxygen atoms in total. The number of anilines is 1. The van der Waals surface area contributed by atoms with Crippen LogP contribution in [0.25, 0.3) is 12.2 Å². The van der Waals surface area contributed by atoms with Gasteiger partial charge in [-0.2, -0.15) is 0 Å². The van der Waals surface area contributed by atoms with Crippen LogP contribution in [0.3, 0.4) is 0 Å². The van der Waals surface area contributed by atoms with Crippen molar-refractivity contribution >= 4 is 17.8 Å². The number of aliphatic hydroxyl groups is 2. The lowest BCUT2D eigenvalue weighted by molar-refractivity contribution is 0.281. The van der Waals surface area contributed by atoms with E-state index in [9.17, 15) is 0 Å². The molecule has 2 aromatic rings. The predicted molar refractivity (Wildman–Crippen MR) is 90.7 cm³/mol. The highest BCUT2D eigenvalue weighted by atomic mass is 16.3. The quantitative estimate of drug-likeness (QED) is 0.824. The minimum absolute atomic E-state index is 0.0724. The molecule has 0 aliphatic heterocycles. The van der Waals surface area contributed by atoms with Crippen LogP contribution in [0.5, 0.6) is 0 Å². The molecule has 1 heterocycles. The molecule has 0 amide bonds. The Bertz CT molecular complexity index is 603. The Hall–Kier alpha value is -2.17. The Balaban J connectivity index is 2.10. The predicted octanol–water partition coefficient (Wildman–Crippen LogP) is 2.35. The van der Waals surface area contributed by atoms with E-state index in [0.29, 0.717) is 13.1 Å². The summed E-state index contributed by atoms with van der Waals surface area (Å²) in [4.78, 5) is 6.04. The van der Waals surface area contributed by atoms with Crippen LogP contribution in [-0.2, 0) is 0 Å². The molecule has 22 heavy (non-hydrogen) atoms. The Morgan fingerprint density at radius 3 is 2.27 bits per heavy atom. The zero-order valence-corrected chi connectivity index (χ0v) is 12.8. The van der Waals surface area contributed by atoms with Gasteiger partial charge in [0.25, 0.3) is 0 Å². The number of rotatable bonds is 7. The normalized spacial score (nSPS) is 11.0. The molecular formula is C18H22N2O2. The van der Waals surface area contributed by atoms with Gasteiger partial charge < -0.3 is 15.1 Å². The molecule has 4 heteroatoms. The van der Waals surface area contributed by atoms with E-state index in [1.807, 2.05) is 48.4 Å². The minimum atomic E-state index is 0.0724. The van der Waals surface area contributed by atoms with Gasteiger partial charge in [-0.05, 0) is 41.8 Å². The van der Waals surface area contributed by atoms with E-state index in [1.165, 1.54) is 0 Å². The van der Waals surface area contributed by atoms with E-state index in [1.54, 1.807) is 6.20 Å². The summed E-state index contributed by atoms with van der Waals surface area (Å²) in [5.41, 5.74) is 4.40. The van der Waals surface area contributed by atoms with Gasteiger partial charge in [-0.25, -0.2) is 0 Å². The molecule has 2 N–H and O–H groups in total. The van der Waals surface area contributed by atoms with Crippen molar-refractivity contribution in [2.45, 2.75) is 6.92 Å². The van der Waals surface area contributed by atoms with Gasteiger partial charge in [0, 0.05) is 31.2 Å². The number of hydrogen-bond acceptors (Lipinski definition) is 4. The Kier molecular flexibility index (Phi) is 6.13. The zero-order chi connectivity index (χ0) is 15.8. The number of aromatic nitrogens is 1. The van der Waals surface area contributed by atoms with Gasteiger partial charge in [0.2, 0.25) is 0 Å². The zero-order valence-electron chi connectivity index (χ0n) is 12.8. The fraction of sp³-hybridized carbons (Fsp3) is 0.278. The topological polar surface area (TPSA) is 56.6 Å². The molecular weight excluding hydrogens is 276 g/mol. The van der Waals surface area contributed by atoms with Crippen LogP contribution in [0, 0.1) is 6.92 Å². The van der Waals surface area contributed by atoms with Gasteiger partial charge in [-0.1, -0.05) is 24.3 Å². The van der Waals surface area contributed by atoms with Crippen molar-refractivity contribution in [3.05, 3.63) is 59.4 Å². The first-order chi connectivity index (χ1) is 10.7. The van der Waals surface area contributed by atoms with E-state index in [0.717, 1.165) is 22.4 Å². The first-order valence-corrected chi connectivity index (χ1v) is 7.40. The average Bonchev–Trinajstić information content (AvgIpc) is 2.54. The molecule has 2 rings (SSSR count). The van der Waals surface area contributed by atoms with Crippen LogP contribution in [0.15, 0.2) is 42.7 Å². The smallest absolute Gasteiger partial charge is 0.0606 e. The lowest BCUT2D eigenvalue weighted by atomic mass is 10.1. The highest BCUT2D eigenvalue weighted by Crippen LogP contribution is 2.17. The fourth-order valence-corrected chi connectivity index (χ4v) is 2.26. The third-order valence-corrected chi connectivity index (χ3v) is 3.52. The summed E-state index contributed by atoms with van der Waals surface area (Å²) < 4.78 is 0. The van der Waals surface area contributed by atoms with Gasteiger partial charge in [0.05, 0.1) is 13.2 Å². The van der Waals surface area contributed by atoms with E-state index in [-0.39, 0.29) is 13.2 Å². The number of aryl methyl sites for hydroxylation is 1. The van der Waals surface area contributed by atoms with Gasteiger partial charge in [0.15, 0.2) is 0 Å². The van der Waals surface area contributed by atoms with Crippen molar-refractivity contribution in [3.8, 4) is 0 Å². The summed E-state index contributed by atoms with van der Waals surface area (Å²) in [5, 5.41) is 18.2. The van der Waals surface area contributed by atoms with E-state index < -0.39 is 0 Å².